The normalized spacial score (nSPS) is 12.5. The lowest BCUT2D eigenvalue weighted by Crippen LogP contribution is -2.14. The summed E-state index contributed by atoms with van der Waals surface area (Å²) in [6.45, 7) is 5.90. The Labute approximate surface area is 80.7 Å². The molecule has 0 aliphatic carbocycles. The number of Topliss-reactive ketones (excluding diaryl/α,β-unsaturated/α-hetero) is 2. The highest BCUT2D eigenvalue weighted by Gasteiger charge is 2.14. The van der Waals surface area contributed by atoms with Crippen LogP contribution in [0.2, 0.25) is 0 Å². The minimum Gasteiger partial charge on any atom is -0.299 e. The standard InChI is InChI=1S/C11H20O2/c1-4-6-7-10(12)8-11(13)9(3)5-2/h9H,4-8H2,1-3H3. The minimum atomic E-state index is 0.0468. The monoisotopic (exact) mass is 184 g/mol. The fraction of sp³-hybridized carbons (Fsp3) is 0.818. The second-order valence-corrected chi connectivity index (χ2v) is 3.59. The van der Waals surface area contributed by atoms with Crippen molar-refractivity contribution in [2.45, 2.75) is 52.9 Å². The van der Waals surface area contributed by atoms with Crippen LogP contribution in [-0.4, -0.2) is 11.6 Å². The fourth-order valence-corrected chi connectivity index (χ4v) is 1.06. The van der Waals surface area contributed by atoms with E-state index in [1.807, 2.05) is 20.8 Å². The highest BCUT2D eigenvalue weighted by molar-refractivity contribution is 5.99. The molecule has 0 N–H and O–H groups in total. The summed E-state index contributed by atoms with van der Waals surface area (Å²) in [7, 11) is 0. The lowest BCUT2D eigenvalue weighted by molar-refractivity contribution is -0.129. The molecule has 0 amide bonds. The average Bonchev–Trinajstić information content (AvgIpc) is 2.13. The van der Waals surface area contributed by atoms with E-state index in [-0.39, 0.29) is 23.9 Å². The van der Waals surface area contributed by atoms with Crippen molar-refractivity contribution in [2.24, 2.45) is 5.92 Å². The van der Waals surface area contributed by atoms with Crippen molar-refractivity contribution in [1.29, 1.82) is 0 Å². The molecule has 0 aromatic rings. The van der Waals surface area contributed by atoms with Gasteiger partial charge in [0.15, 0.2) is 0 Å². The molecule has 76 valence electrons. The number of unbranched alkanes of at least 4 members (excludes halogenated alkanes) is 1. The van der Waals surface area contributed by atoms with Crippen LogP contribution in [0.1, 0.15) is 52.9 Å². The molecule has 0 aromatic carbocycles. The first-order valence-electron chi connectivity index (χ1n) is 5.16. The zero-order chi connectivity index (χ0) is 10.3. The molecule has 0 rings (SSSR count). The molecule has 0 heterocycles. The van der Waals surface area contributed by atoms with Crippen LogP contribution < -0.4 is 0 Å². The Kier molecular flexibility index (Phi) is 6.47. The van der Waals surface area contributed by atoms with Gasteiger partial charge in [-0.15, -0.1) is 0 Å². The van der Waals surface area contributed by atoms with Gasteiger partial charge in [0.05, 0.1) is 6.42 Å². The van der Waals surface area contributed by atoms with E-state index in [2.05, 4.69) is 0 Å². The molecule has 0 aliphatic rings. The maximum atomic E-state index is 11.3. The van der Waals surface area contributed by atoms with Gasteiger partial charge < -0.3 is 0 Å². The van der Waals surface area contributed by atoms with Crippen molar-refractivity contribution < 1.29 is 9.59 Å². The molecular formula is C11H20O2. The van der Waals surface area contributed by atoms with E-state index in [4.69, 9.17) is 0 Å². The Bertz CT molecular complexity index is 173. The first-order valence-corrected chi connectivity index (χ1v) is 5.16. The summed E-state index contributed by atoms with van der Waals surface area (Å²) in [6.07, 6.45) is 3.48. The predicted octanol–water partition coefficient (Wildman–Crippen LogP) is 2.75. The maximum Gasteiger partial charge on any atom is 0.143 e. The van der Waals surface area contributed by atoms with E-state index < -0.39 is 0 Å². The van der Waals surface area contributed by atoms with Crippen LogP contribution in [0.4, 0.5) is 0 Å². The van der Waals surface area contributed by atoms with Crippen molar-refractivity contribution in [3.05, 3.63) is 0 Å². The number of carbonyl (C=O) groups is 2. The zero-order valence-corrected chi connectivity index (χ0v) is 8.93. The van der Waals surface area contributed by atoms with Gasteiger partial charge in [-0.3, -0.25) is 9.59 Å². The number of carbonyl (C=O) groups excluding carboxylic acids is 2. The third kappa shape index (κ3) is 5.56. The Balaban J connectivity index is 3.71. The third-order valence-electron chi connectivity index (χ3n) is 2.34. The van der Waals surface area contributed by atoms with Crippen LogP contribution >= 0.6 is 0 Å². The Morgan fingerprint density at radius 1 is 1.23 bits per heavy atom. The SMILES string of the molecule is CCCCC(=O)CC(=O)C(C)CC. The summed E-state index contributed by atoms with van der Waals surface area (Å²) < 4.78 is 0. The second kappa shape index (κ2) is 6.81. The number of rotatable bonds is 7. The van der Waals surface area contributed by atoms with E-state index in [0.29, 0.717) is 6.42 Å². The van der Waals surface area contributed by atoms with Crippen molar-refractivity contribution in [1.82, 2.24) is 0 Å². The molecule has 0 fully saturated rings. The average molecular weight is 184 g/mol. The smallest absolute Gasteiger partial charge is 0.143 e. The quantitative estimate of drug-likeness (QED) is 0.570. The van der Waals surface area contributed by atoms with Gasteiger partial charge in [-0.2, -0.15) is 0 Å². The van der Waals surface area contributed by atoms with Gasteiger partial charge in [0.2, 0.25) is 0 Å². The Hall–Kier alpha value is -0.660. The fourth-order valence-electron chi connectivity index (χ4n) is 1.06. The number of hydrogen-bond donors (Lipinski definition) is 0. The van der Waals surface area contributed by atoms with Crippen molar-refractivity contribution in [3.63, 3.8) is 0 Å². The summed E-state index contributed by atoms with van der Waals surface area (Å²) in [5.74, 6) is 0.251. The predicted molar refractivity (Wildman–Crippen MR) is 53.6 cm³/mol. The van der Waals surface area contributed by atoms with Gasteiger partial charge in [0.25, 0.3) is 0 Å². The van der Waals surface area contributed by atoms with Crippen molar-refractivity contribution in [3.8, 4) is 0 Å². The van der Waals surface area contributed by atoms with Crippen LogP contribution in [-0.2, 0) is 9.59 Å². The molecule has 0 aromatic heterocycles. The summed E-state index contributed by atoms with van der Waals surface area (Å²) in [4.78, 5) is 22.5. The molecule has 0 spiro atoms. The van der Waals surface area contributed by atoms with Gasteiger partial charge in [-0.05, 0) is 12.8 Å². The molecule has 0 saturated carbocycles. The molecule has 0 saturated heterocycles. The molecule has 0 bridgehead atoms. The molecule has 0 aliphatic heterocycles. The third-order valence-corrected chi connectivity index (χ3v) is 2.34. The van der Waals surface area contributed by atoms with Gasteiger partial charge in [0.1, 0.15) is 11.6 Å². The van der Waals surface area contributed by atoms with E-state index >= 15 is 0 Å². The van der Waals surface area contributed by atoms with Crippen molar-refractivity contribution in [2.75, 3.05) is 0 Å². The highest BCUT2D eigenvalue weighted by atomic mass is 16.1. The molecule has 0 radical (unpaired) electrons. The second-order valence-electron chi connectivity index (χ2n) is 3.59. The topological polar surface area (TPSA) is 34.1 Å². The minimum absolute atomic E-state index is 0.0468. The Morgan fingerprint density at radius 3 is 2.31 bits per heavy atom. The van der Waals surface area contributed by atoms with E-state index in [9.17, 15) is 9.59 Å². The first kappa shape index (κ1) is 12.3. The van der Waals surface area contributed by atoms with Gasteiger partial charge in [0, 0.05) is 12.3 Å². The van der Waals surface area contributed by atoms with Gasteiger partial charge in [-0.25, -0.2) is 0 Å². The van der Waals surface area contributed by atoms with Crippen molar-refractivity contribution >= 4 is 11.6 Å². The van der Waals surface area contributed by atoms with E-state index in [1.54, 1.807) is 0 Å². The lowest BCUT2D eigenvalue weighted by atomic mass is 9.98. The summed E-state index contributed by atoms with van der Waals surface area (Å²) >= 11 is 0. The summed E-state index contributed by atoms with van der Waals surface area (Å²) in [5.41, 5.74) is 0. The number of hydrogen-bond acceptors (Lipinski definition) is 2. The molecular weight excluding hydrogens is 164 g/mol. The van der Waals surface area contributed by atoms with Crippen LogP contribution in [0.5, 0.6) is 0 Å². The Morgan fingerprint density at radius 2 is 1.85 bits per heavy atom. The molecule has 1 atom stereocenters. The van der Waals surface area contributed by atoms with Gasteiger partial charge >= 0.3 is 0 Å². The van der Waals surface area contributed by atoms with E-state index in [0.717, 1.165) is 19.3 Å². The molecule has 2 nitrogen and oxygen atoms in total. The zero-order valence-electron chi connectivity index (χ0n) is 8.93. The first-order chi connectivity index (χ1) is 6.11. The van der Waals surface area contributed by atoms with Crippen LogP contribution in [0.25, 0.3) is 0 Å². The highest BCUT2D eigenvalue weighted by Crippen LogP contribution is 2.07. The maximum absolute atomic E-state index is 11.3. The van der Waals surface area contributed by atoms with Crippen LogP contribution in [0, 0.1) is 5.92 Å². The summed E-state index contributed by atoms with van der Waals surface area (Å²) in [6, 6.07) is 0. The lowest BCUT2D eigenvalue weighted by Gasteiger charge is -2.05. The molecule has 2 heteroatoms. The van der Waals surface area contributed by atoms with Crippen LogP contribution in [0.15, 0.2) is 0 Å². The summed E-state index contributed by atoms with van der Waals surface area (Å²) in [5, 5.41) is 0. The van der Waals surface area contributed by atoms with Crippen LogP contribution in [0.3, 0.4) is 0 Å². The molecule has 13 heavy (non-hydrogen) atoms. The number of ketones is 2. The largest absolute Gasteiger partial charge is 0.299 e. The van der Waals surface area contributed by atoms with E-state index in [1.165, 1.54) is 0 Å². The molecule has 1 unspecified atom stereocenters. The van der Waals surface area contributed by atoms with Gasteiger partial charge in [-0.1, -0.05) is 27.2 Å².